The zero-order chi connectivity index (χ0) is 15.8. The second-order valence-electron chi connectivity index (χ2n) is 5.29. The van der Waals surface area contributed by atoms with Gasteiger partial charge >= 0.3 is 0 Å². The molecule has 0 heterocycles. The van der Waals surface area contributed by atoms with Crippen molar-refractivity contribution in [3.05, 3.63) is 23.2 Å². The van der Waals surface area contributed by atoms with Crippen LogP contribution in [0.5, 0.6) is 0 Å². The van der Waals surface area contributed by atoms with Gasteiger partial charge in [-0.2, -0.15) is 0 Å². The Balaban J connectivity index is 2.56. The van der Waals surface area contributed by atoms with E-state index in [4.69, 9.17) is 17.3 Å². The Kier molecular flexibility index (Phi) is 7.54. The van der Waals surface area contributed by atoms with Crippen LogP contribution in [-0.4, -0.2) is 30.4 Å². The summed E-state index contributed by atoms with van der Waals surface area (Å²) in [6.07, 6.45) is 2.28. The minimum absolute atomic E-state index is 0.0236. The van der Waals surface area contributed by atoms with Crippen LogP contribution in [0.1, 0.15) is 33.6 Å². The highest BCUT2D eigenvalue weighted by Gasteiger charge is 2.13. The first kappa shape index (κ1) is 17.8. The van der Waals surface area contributed by atoms with Gasteiger partial charge in [-0.25, -0.2) is 0 Å². The number of halogens is 1. The van der Waals surface area contributed by atoms with Crippen molar-refractivity contribution < 1.29 is 4.79 Å². The van der Waals surface area contributed by atoms with E-state index in [0.29, 0.717) is 28.9 Å². The maximum atomic E-state index is 12.1. The van der Waals surface area contributed by atoms with Gasteiger partial charge in [0.1, 0.15) is 0 Å². The number of rotatable bonds is 8. The van der Waals surface area contributed by atoms with Gasteiger partial charge in [0.2, 0.25) is 5.91 Å². The van der Waals surface area contributed by atoms with Crippen LogP contribution in [0, 0.1) is 5.92 Å². The number of nitrogens with one attached hydrogen (secondary N) is 1. The van der Waals surface area contributed by atoms with Gasteiger partial charge in [-0.1, -0.05) is 45.2 Å². The lowest BCUT2D eigenvalue weighted by Gasteiger charge is -2.24. The molecule has 5 heteroatoms. The number of hydrogen-bond acceptors (Lipinski definition) is 3. The zero-order valence-electron chi connectivity index (χ0n) is 13.2. The number of nitrogen functional groups attached to an aromatic ring is 1. The molecule has 1 rings (SSSR count). The Morgan fingerprint density at radius 3 is 2.52 bits per heavy atom. The molecule has 0 aromatic heterocycles. The van der Waals surface area contributed by atoms with Crippen LogP contribution in [0.4, 0.5) is 11.4 Å². The van der Waals surface area contributed by atoms with Crippen molar-refractivity contribution in [2.24, 2.45) is 5.92 Å². The standard InChI is InChI=1S/C16H26ClN3O/c1-4-12(5-2)10-20(6-3)11-16(21)19-13-7-8-14(17)15(18)9-13/h7-9,12H,4-6,10-11,18H2,1-3H3,(H,19,21). The maximum Gasteiger partial charge on any atom is 0.238 e. The first-order chi connectivity index (χ1) is 9.99. The van der Waals surface area contributed by atoms with Crippen LogP contribution in [0.2, 0.25) is 5.02 Å². The van der Waals surface area contributed by atoms with Crippen LogP contribution in [-0.2, 0) is 4.79 Å². The summed E-state index contributed by atoms with van der Waals surface area (Å²) in [7, 11) is 0. The molecular weight excluding hydrogens is 286 g/mol. The number of carbonyl (C=O) groups is 1. The number of hydrogen-bond donors (Lipinski definition) is 2. The summed E-state index contributed by atoms with van der Waals surface area (Å²) in [6.45, 7) is 8.69. The quantitative estimate of drug-likeness (QED) is 0.721. The van der Waals surface area contributed by atoms with Gasteiger partial charge < -0.3 is 11.1 Å². The highest BCUT2D eigenvalue weighted by molar-refractivity contribution is 6.33. The molecular formula is C16H26ClN3O. The summed E-state index contributed by atoms with van der Waals surface area (Å²) >= 11 is 5.87. The third-order valence-corrected chi connectivity index (χ3v) is 4.11. The van der Waals surface area contributed by atoms with E-state index >= 15 is 0 Å². The fourth-order valence-electron chi connectivity index (χ4n) is 2.24. The fourth-order valence-corrected chi connectivity index (χ4v) is 2.36. The lowest BCUT2D eigenvalue weighted by Crippen LogP contribution is -2.36. The van der Waals surface area contributed by atoms with Crippen LogP contribution in [0.3, 0.4) is 0 Å². The van der Waals surface area contributed by atoms with Crippen LogP contribution < -0.4 is 11.1 Å². The number of benzene rings is 1. The van der Waals surface area contributed by atoms with Crippen LogP contribution in [0.15, 0.2) is 18.2 Å². The third-order valence-electron chi connectivity index (χ3n) is 3.77. The van der Waals surface area contributed by atoms with Crippen molar-refractivity contribution in [3.8, 4) is 0 Å². The fraction of sp³-hybridized carbons (Fsp3) is 0.562. The van der Waals surface area contributed by atoms with Gasteiger partial charge in [-0.15, -0.1) is 0 Å². The molecule has 1 aromatic rings. The van der Waals surface area contributed by atoms with Crippen molar-refractivity contribution in [1.82, 2.24) is 4.90 Å². The number of anilines is 2. The largest absolute Gasteiger partial charge is 0.397 e. The smallest absolute Gasteiger partial charge is 0.238 e. The molecule has 0 saturated carbocycles. The SMILES string of the molecule is CCC(CC)CN(CC)CC(=O)Nc1ccc(Cl)c(N)c1. The molecule has 0 atom stereocenters. The van der Waals surface area contributed by atoms with Gasteiger partial charge in [-0.3, -0.25) is 9.69 Å². The maximum absolute atomic E-state index is 12.1. The molecule has 21 heavy (non-hydrogen) atoms. The molecule has 0 aliphatic heterocycles. The average Bonchev–Trinajstić information content (AvgIpc) is 2.47. The average molecular weight is 312 g/mol. The first-order valence-corrected chi connectivity index (χ1v) is 7.95. The van der Waals surface area contributed by atoms with Crippen LogP contribution >= 0.6 is 11.6 Å². The van der Waals surface area contributed by atoms with Crippen molar-refractivity contribution in [2.45, 2.75) is 33.6 Å². The van der Waals surface area contributed by atoms with E-state index in [1.807, 2.05) is 0 Å². The molecule has 118 valence electrons. The Morgan fingerprint density at radius 1 is 1.33 bits per heavy atom. The van der Waals surface area contributed by atoms with Crippen molar-refractivity contribution >= 4 is 28.9 Å². The minimum atomic E-state index is -0.0236. The number of amides is 1. The third kappa shape index (κ3) is 5.94. The highest BCUT2D eigenvalue weighted by Crippen LogP contribution is 2.22. The molecule has 4 nitrogen and oxygen atoms in total. The molecule has 0 radical (unpaired) electrons. The van der Waals surface area contributed by atoms with Gasteiger partial charge in [-0.05, 0) is 30.7 Å². The van der Waals surface area contributed by atoms with Crippen LogP contribution in [0.25, 0.3) is 0 Å². The summed E-state index contributed by atoms with van der Waals surface area (Å²) in [5.74, 6) is 0.619. The molecule has 1 amide bonds. The van der Waals surface area contributed by atoms with E-state index < -0.39 is 0 Å². The molecule has 3 N–H and O–H groups in total. The summed E-state index contributed by atoms with van der Waals surface area (Å²) in [4.78, 5) is 14.3. The Morgan fingerprint density at radius 2 is 2.00 bits per heavy atom. The summed E-state index contributed by atoms with van der Waals surface area (Å²) in [5, 5.41) is 3.36. The predicted molar refractivity (Wildman–Crippen MR) is 90.7 cm³/mol. The van der Waals surface area contributed by atoms with E-state index in [1.165, 1.54) is 0 Å². The van der Waals surface area contributed by atoms with Crippen molar-refractivity contribution in [3.63, 3.8) is 0 Å². The van der Waals surface area contributed by atoms with Gasteiger partial charge in [0.25, 0.3) is 0 Å². The molecule has 0 bridgehead atoms. The van der Waals surface area contributed by atoms with E-state index in [9.17, 15) is 4.79 Å². The molecule has 0 aliphatic rings. The van der Waals surface area contributed by atoms with Crippen molar-refractivity contribution in [1.29, 1.82) is 0 Å². The van der Waals surface area contributed by atoms with E-state index in [1.54, 1.807) is 18.2 Å². The van der Waals surface area contributed by atoms with E-state index in [2.05, 4.69) is 31.0 Å². The number of carbonyl (C=O) groups excluding carboxylic acids is 1. The molecule has 0 saturated heterocycles. The molecule has 0 aliphatic carbocycles. The predicted octanol–water partition coefficient (Wildman–Crippen LogP) is 3.62. The van der Waals surface area contributed by atoms with E-state index in [0.717, 1.165) is 25.9 Å². The second kappa shape index (κ2) is 8.90. The highest BCUT2D eigenvalue weighted by atomic mass is 35.5. The van der Waals surface area contributed by atoms with E-state index in [-0.39, 0.29) is 5.91 Å². The second-order valence-corrected chi connectivity index (χ2v) is 5.70. The zero-order valence-corrected chi connectivity index (χ0v) is 13.9. The number of likely N-dealkylation sites (N-methyl/N-ethyl adjacent to an activating group) is 1. The monoisotopic (exact) mass is 311 g/mol. The van der Waals surface area contributed by atoms with Gasteiger partial charge in [0.05, 0.1) is 17.3 Å². The number of nitrogens with zero attached hydrogens (tertiary/aromatic N) is 1. The number of nitrogens with two attached hydrogens (primary N) is 1. The molecule has 0 spiro atoms. The Bertz CT molecular complexity index is 461. The minimum Gasteiger partial charge on any atom is -0.397 e. The Hall–Kier alpha value is -1.26. The summed E-state index contributed by atoms with van der Waals surface area (Å²) in [6, 6.07) is 5.12. The van der Waals surface area contributed by atoms with Gasteiger partial charge in [0.15, 0.2) is 0 Å². The Labute approximate surface area is 132 Å². The normalized spacial score (nSPS) is 11.1. The molecule has 0 unspecified atom stereocenters. The topological polar surface area (TPSA) is 58.4 Å². The summed E-state index contributed by atoms with van der Waals surface area (Å²) < 4.78 is 0. The lowest BCUT2D eigenvalue weighted by molar-refractivity contribution is -0.117. The van der Waals surface area contributed by atoms with Gasteiger partial charge in [0, 0.05) is 12.2 Å². The lowest BCUT2D eigenvalue weighted by atomic mass is 10.0. The molecule has 0 fully saturated rings. The molecule has 1 aromatic carbocycles. The van der Waals surface area contributed by atoms with Crippen molar-refractivity contribution in [2.75, 3.05) is 30.7 Å². The first-order valence-electron chi connectivity index (χ1n) is 7.57. The summed E-state index contributed by atoms with van der Waals surface area (Å²) in [5.41, 5.74) is 6.88.